The molecule has 0 atom stereocenters. The third-order valence-corrected chi connectivity index (χ3v) is 2.26. The summed E-state index contributed by atoms with van der Waals surface area (Å²) in [7, 11) is 0. The van der Waals surface area contributed by atoms with Gasteiger partial charge >= 0.3 is 0 Å². The number of nitrogens with zero attached hydrogens (tertiary/aromatic N) is 1. The second kappa shape index (κ2) is 4.35. The minimum atomic E-state index is -2.58. The summed E-state index contributed by atoms with van der Waals surface area (Å²) in [6, 6.07) is 4.48. The lowest BCUT2D eigenvalue weighted by Crippen LogP contribution is -2.17. The lowest BCUT2D eigenvalue weighted by molar-refractivity contribution is 0.146. The van der Waals surface area contributed by atoms with Crippen LogP contribution in [0.25, 0.3) is 0 Å². The topological polar surface area (TPSA) is 42.2 Å². The monoisotopic (exact) mass is 225 g/mol. The van der Waals surface area contributed by atoms with Gasteiger partial charge in [0.25, 0.3) is 6.43 Å². The molecule has 1 aromatic rings. The zero-order valence-electron chi connectivity index (χ0n) is 8.37. The molecule has 1 aliphatic rings. The SMILES string of the molecule is N#CCc1cc(C(F)F)cc2c1OCCO2. The molecule has 0 amide bonds. The summed E-state index contributed by atoms with van der Waals surface area (Å²) in [5.41, 5.74) is 0.310. The summed E-state index contributed by atoms with van der Waals surface area (Å²) in [5.74, 6) is 0.714. The van der Waals surface area contributed by atoms with Crippen LogP contribution < -0.4 is 9.47 Å². The molecule has 0 spiro atoms. The van der Waals surface area contributed by atoms with Crippen molar-refractivity contribution < 1.29 is 18.3 Å². The second-order valence-corrected chi connectivity index (χ2v) is 3.34. The molecule has 0 saturated carbocycles. The van der Waals surface area contributed by atoms with Crippen molar-refractivity contribution in [3.8, 4) is 17.6 Å². The molecule has 2 rings (SSSR count). The maximum absolute atomic E-state index is 12.6. The van der Waals surface area contributed by atoms with Crippen molar-refractivity contribution in [2.24, 2.45) is 0 Å². The van der Waals surface area contributed by atoms with Gasteiger partial charge in [-0.05, 0) is 12.1 Å². The summed E-state index contributed by atoms with van der Waals surface area (Å²) in [6.07, 6.45) is -2.54. The summed E-state index contributed by atoms with van der Waals surface area (Å²) in [4.78, 5) is 0. The van der Waals surface area contributed by atoms with Gasteiger partial charge in [0.15, 0.2) is 11.5 Å². The average Bonchev–Trinajstić information content (AvgIpc) is 2.29. The molecule has 0 saturated heterocycles. The first-order valence-corrected chi connectivity index (χ1v) is 4.80. The third-order valence-electron chi connectivity index (χ3n) is 2.26. The van der Waals surface area contributed by atoms with Crippen molar-refractivity contribution in [1.82, 2.24) is 0 Å². The van der Waals surface area contributed by atoms with E-state index in [9.17, 15) is 8.78 Å². The molecule has 0 fully saturated rings. The van der Waals surface area contributed by atoms with E-state index < -0.39 is 6.43 Å². The van der Waals surface area contributed by atoms with Gasteiger partial charge in [0.1, 0.15) is 13.2 Å². The summed E-state index contributed by atoms with van der Waals surface area (Å²) in [6.45, 7) is 0.713. The number of hydrogen-bond acceptors (Lipinski definition) is 3. The number of alkyl halides is 2. The number of hydrogen-bond donors (Lipinski definition) is 0. The zero-order valence-corrected chi connectivity index (χ0v) is 8.37. The van der Waals surface area contributed by atoms with Crippen LogP contribution in [-0.4, -0.2) is 13.2 Å². The predicted octanol–water partition coefficient (Wildman–Crippen LogP) is 2.46. The van der Waals surface area contributed by atoms with Gasteiger partial charge in [-0.1, -0.05) is 0 Å². The molecule has 0 bridgehead atoms. The van der Waals surface area contributed by atoms with Gasteiger partial charge in [-0.25, -0.2) is 8.78 Å². The molecule has 0 N–H and O–H groups in total. The van der Waals surface area contributed by atoms with Gasteiger partial charge in [0.05, 0.1) is 12.5 Å². The van der Waals surface area contributed by atoms with Crippen LogP contribution in [0.2, 0.25) is 0 Å². The van der Waals surface area contributed by atoms with Gasteiger partial charge in [-0.15, -0.1) is 0 Å². The molecule has 0 unspecified atom stereocenters. The zero-order chi connectivity index (χ0) is 11.5. The van der Waals surface area contributed by atoms with Crippen LogP contribution in [0, 0.1) is 11.3 Å². The molecule has 0 radical (unpaired) electrons. The molecule has 84 valence electrons. The summed E-state index contributed by atoms with van der Waals surface area (Å²) >= 11 is 0. The first kappa shape index (κ1) is 10.7. The quantitative estimate of drug-likeness (QED) is 0.776. The molecular weight excluding hydrogens is 216 g/mol. The van der Waals surface area contributed by atoms with Crippen LogP contribution >= 0.6 is 0 Å². The fourth-order valence-corrected chi connectivity index (χ4v) is 1.59. The molecule has 1 aromatic carbocycles. The molecule has 1 aliphatic heterocycles. The van der Waals surface area contributed by atoms with E-state index in [1.54, 1.807) is 0 Å². The molecule has 5 heteroatoms. The van der Waals surface area contributed by atoms with E-state index >= 15 is 0 Å². The first-order valence-electron chi connectivity index (χ1n) is 4.80. The van der Waals surface area contributed by atoms with Gasteiger partial charge in [0.2, 0.25) is 0 Å². The van der Waals surface area contributed by atoms with E-state index in [-0.39, 0.29) is 12.0 Å². The van der Waals surface area contributed by atoms with E-state index in [4.69, 9.17) is 14.7 Å². The van der Waals surface area contributed by atoms with Crippen LogP contribution in [0.4, 0.5) is 8.78 Å². The molecule has 3 nitrogen and oxygen atoms in total. The Morgan fingerprint density at radius 2 is 2.06 bits per heavy atom. The van der Waals surface area contributed by atoms with Gasteiger partial charge < -0.3 is 9.47 Å². The van der Waals surface area contributed by atoms with Crippen molar-refractivity contribution in [2.75, 3.05) is 13.2 Å². The van der Waals surface area contributed by atoms with E-state index in [1.165, 1.54) is 12.1 Å². The Kier molecular flexibility index (Phi) is 2.91. The largest absolute Gasteiger partial charge is 0.486 e. The number of rotatable bonds is 2. The maximum atomic E-state index is 12.6. The molecule has 0 aliphatic carbocycles. The Balaban J connectivity index is 2.48. The Morgan fingerprint density at radius 3 is 2.75 bits per heavy atom. The minimum Gasteiger partial charge on any atom is -0.486 e. The minimum absolute atomic E-state index is 0.0340. The molecule has 1 heterocycles. The van der Waals surface area contributed by atoms with Crippen molar-refractivity contribution >= 4 is 0 Å². The number of nitriles is 1. The number of halogens is 2. The lowest BCUT2D eigenvalue weighted by Gasteiger charge is -2.21. The summed E-state index contributed by atoms with van der Waals surface area (Å²) < 4.78 is 35.7. The van der Waals surface area contributed by atoms with E-state index in [0.29, 0.717) is 30.3 Å². The normalized spacial score (nSPS) is 13.6. The van der Waals surface area contributed by atoms with Gasteiger partial charge in [-0.3, -0.25) is 0 Å². The van der Waals surface area contributed by atoms with E-state index in [1.807, 2.05) is 6.07 Å². The van der Waals surface area contributed by atoms with Crippen molar-refractivity contribution in [2.45, 2.75) is 12.8 Å². The Morgan fingerprint density at radius 1 is 1.31 bits per heavy atom. The predicted molar refractivity (Wildman–Crippen MR) is 51.7 cm³/mol. The Hall–Kier alpha value is -1.83. The number of ether oxygens (including phenoxy) is 2. The average molecular weight is 225 g/mol. The highest BCUT2D eigenvalue weighted by Gasteiger charge is 2.20. The highest BCUT2D eigenvalue weighted by molar-refractivity contribution is 5.51. The number of fused-ring (bicyclic) bond motifs is 1. The molecule has 16 heavy (non-hydrogen) atoms. The fraction of sp³-hybridized carbons (Fsp3) is 0.364. The van der Waals surface area contributed by atoms with Crippen LogP contribution in [0.15, 0.2) is 12.1 Å². The Labute approximate surface area is 91.2 Å². The van der Waals surface area contributed by atoms with E-state index in [2.05, 4.69) is 0 Å². The van der Waals surface area contributed by atoms with Crippen molar-refractivity contribution in [1.29, 1.82) is 5.26 Å². The van der Waals surface area contributed by atoms with Gasteiger partial charge in [-0.2, -0.15) is 5.26 Å². The van der Waals surface area contributed by atoms with Crippen molar-refractivity contribution in [3.05, 3.63) is 23.3 Å². The second-order valence-electron chi connectivity index (χ2n) is 3.34. The van der Waals surface area contributed by atoms with Crippen LogP contribution in [-0.2, 0) is 6.42 Å². The highest BCUT2D eigenvalue weighted by atomic mass is 19.3. The van der Waals surface area contributed by atoms with Crippen LogP contribution in [0.1, 0.15) is 17.6 Å². The lowest BCUT2D eigenvalue weighted by atomic mass is 10.1. The molecule has 0 aromatic heterocycles. The number of benzene rings is 1. The molecular formula is C11H9F2NO2. The first-order chi connectivity index (χ1) is 7.72. The third kappa shape index (κ3) is 1.91. The highest BCUT2D eigenvalue weighted by Crippen LogP contribution is 2.37. The smallest absolute Gasteiger partial charge is 0.263 e. The van der Waals surface area contributed by atoms with Crippen LogP contribution in [0.5, 0.6) is 11.5 Å². The summed E-state index contributed by atoms with van der Waals surface area (Å²) in [5, 5.41) is 8.62. The Bertz CT molecular complexity index is 440. The van der Waals surface area contributed by atoms with Crippen LogP contribution in [0.3, 0.4) is 0 Å². The van der Waals surface area contributed by atoms with E-state index in [0.717, 1.165) is 0 Å². The van der Waals surface area contributed by atoms with Gasteiger partial charge in [0, 0.05) is 11.1 Å². The fourth-order valence-electron chi connectivity index (χ4n) is 1.59. The van der Waals surface area contributed by atoms with Crippen molar-refractivity contribution in [3.63, 3.8) is 0 Å². The standard InChI is InChI=1S/C11H9F2NO2/c12-11(13)8-5-7(1-2-14)10-9(6-8)15-3-4-16-10/h5-6,11H,1,3-4H2. The maximum Gasteiger partial charge on any atom is 0.263 e.